The number of ether oxygens (including phenoxy) is 1. The van der Waals surface area contributed by atoms with Crippen molar-refractivity contribution in [2.75, 3.05) is 48.4 Å². The number of methoxy groups -OCH3 is 1. The Hall–Kier alpha value is -4.92. The van der Waals surface area contributed by atoms with Crippen LogP contribution in [0.15, 0.2) is 91.4 Å². The topological polar surface area (TPSA) is 88.4 Å². The lowest BCUT2D eigenvalue weighted by Gasteiger charge is -2.37. The highest BCUT2D eigenvalue weighted by Crippen LogP contribution is 2.33. The zero-order chi connectivity index (χ0) is 26.6. The normalized spacial score (nSPS) is 13.5. The highest BCUT2D eigenvalue weighted by atomic mass is 16.5. The fourth-order valence-electron chi connectivity index (χ4n) is 5.00. The molecule has 0 bridgehead atoms. The number of carbonyl (C=O) groups excluding carboxylic acids is 1. The largest absolute Gasteiger partial charge is 0.495 e. The van der Waals surface area contributed by atoms with E-state index in [0.29, 0.717) is 6.42 Å². The van der Waals surface area contributed by atoms with Gasteiger partial charge in [-0.2, -0.15) is 5.10 Å². The molecule has 0 spiro atoms. The second-order valence-electron chi connectivity index (χ2n) is 9.40. The van der Waals surface area contributed by atoms with Crippen molar-refractivity contribution in [2.24, 2.45) is 0 Å². The number of para-hydroxylation sites is 1. The number of fused-ring (bicyclic) bond motifs is 1. The first-order valence-electron chi connectivity index (χ1n) is 13.0. The summed E-state index contributed by atoms with van der Waals surface area (Å²) < 4.78 is 7.51. The third-order valence-electron chi connectivity index (χ3n) is 6.94. The molecule has 0 atom stereocenters. The molecule has 196 valence electrons. The minimum atomic E-state index is -0.0500. The fraction of sp³-hybridized carbons (Fsp3) is 0.200. The number of piperazine rings is 1. The van der Waals surface area contributed by atoms with Gasteiger partial charge in [-0.05, 0) is 35.9 Å². The van der Waals surface area contributed by atoms with Crippen molar-refractivity contribution < 1.29 is 9.53 Å². The van der Waals surface area contributed by atoms with E-state index in [1.807, 2.05) is 89.7 Å². The lowest BCUT2D eigenvalue weighted by Crippen LogP contribution is -2.47. The molecule has 9 nitrogen and oxygen atoms in total. The number of aromatic nitrogens is 4. The van der Waals surface area contributed by atoms with Gasteiger partial charge in [0, 0.05) is 31.9 Å². The van der Waals surface area contributed by atoms with Gasteiger partial charge in [-0.25, -0.2) is 14.6 Å². The van der Waals surface area contributed by atoms with Crippen LogP contribution in [0.2, 0.25) is 0 Å². The van der Waals surface area contributed by atoms with Crippen LogP contribution in [0.5, 0.6) is 5.75 Å². The van der Waals surface area contributed by atoms with Gasteiger partial charge in [0.2, 0.25) is 5.91 Å². The van der Waals surface area contributed by atoms with E-state index in [2.05, 4.69) is 30.2 Å². The van der Waals surface area contributed by atoms with Crippen LogP contribution in [0, 0.1) is 0 Å². The maximum atomic E-state index is 12.6. The summed E-state index contributed by atoms with van der Waals surface area (Å²) in [6.45, 7) is 3.10. The van der Waals surface area contributed by atoms with E-state index < -0.39 is 0 Å². The lowest BCUT2D eigenvalue weighted by atomic mass is 10.1. The number of anilines is 3. The molecular formula is C30H29N7O2. The summed E-state index contributed by atoms with van der Waals surface area (Å²) in [4.78, 5) is 26.3. The van der Waals surface area contributed by atoms with E-state index in [1.165, 1.54) is 0 Å². The van der Waals surface area contributed by atoms with E-state index in [9.17, 15) is 4.79 Å². The summed E-state index contributed by atoms with van der Waals surface area (Å²) in [7, 11) is 1.67. The van der Waals surface area contributed by atoms with Gasteiger partial charge < -0.3 is 19.9 Å². The second kappa shape index (κ2) is 10.8. The Bertz CT molecular complexity index is 1580. The molecule has 1 saturated heterocycles. The Labute approximate surface area is 226 Å². The smallest absolute Gasteiger partial charge is 0.228 e. The van der Waals surface area contributed by atoms with Crippen LogP contribution in [0.4, 0.5) is 17.2 Å². The Kier molecular flexibility index (Phi) is 6.78. The summed E-state index contributed by atoms with van der Waals surface area (Å²) in [5.41, 5.74) is 4.44. The molecule has 1 aliphatic rings. The molecule has 1 amide bonds. The molecule has 1 N–H and O–H groups in total. The van der Waals surface area contributed by atoms with E-state index in [1.54, 1.807) is 13.4 Å². The molecule has 3 aromatic carbocycles. The predicted octanol–water partition coefficient (Wildman–Crippen LogP) is 4.33. The molecule has 5 aromatic rings. The van der Waals surface area contributed by atoms with Gasteiger partial charge in [-0.15, -0.1) is 0 Å². The second-order valence-corrected chi connectivity index (χ2v) is 9.40. The molecule has 2 aromatic heterocycles. The summed E-state index contributed by atoms with van der Waals surface area (Å²) >= 11 is 0. The summed E-state index contributed by atoms with van der Waals surface area (Å²) in [6, 6.07) is 25.5. The Balaban J connectivity index is 1.17. The number of hydrogen-bond donors (Lipinski definition) is 1. The Morgan fingerprint density at radius 1 is 0.897 bits per heavy atom. The van der Waals surface area contributed by atoms with Crippen molar-refractivity contribution in [3.8, 4) is 11.4 Å². The fourth-order valence-corrected chi connectivity index (χ4v) is 5.00. The van der Waals surface area contributed by atoms with Gasteiger partial charge in [0.05, 0.1) is 36.5 Å². The number of benzene rings is 3. The number of amides is 1. The third-order valence-corrected chi connectivity index (χ3v) is 6.94. The monoisotopic (exact) mass is 519 g/mol. The summed E-state index contributed by atoms with van der Waals surface area (Å²) in [6.07, 6.45) is 3.78. The van der Waals surface area contributed by atoms with Crippen molar-refractivity contribution in [3.63, 3.8) is 0 Å². The first-order valence-corrected chi connectivity index (χ1v) is 13.0. The van der Waals surface area contributed by atoms with Gasteiger partial charge >= 0.3 is 0 Å². The summed E-state index contributed by atoms with van der Waals surface area (Å²) in [5.74, 6) is 1.61. The zero-order valence-corrected chi connectivity index (χ0v) is 21.7. The minimum absolute atomic E-state index is 0.0500. The van der Waals surface area contributed by atoms with Crippen LogP contribution in [0.25, 0.3) is 16.7 Å². The van der Waals surface area contributed by atoms with Crippen molar-refractivity contribution in [3.05, 3.63) is 97.0 Å². The third kappa shape index (κ3) is 5.11. The Morgan fingerprint density at radius 3 is 2.36 bits per heavy atom. The molecule has 6 rings (SSSR count). The van der Waals surface area contributed by atoms with Crippen LogP contribution < -0.4 is 19.9 Å². The van der Waals surface area contributed by atoms with E-state index in [0.717, 1.165) is 71.4 Å². The number of rotatable bonds is 7. The molecule has 1 aliphatic heterocycles. The van der Waals surface area contributed by atoms with E-state index in [4.69, 9.17) is 4.74 Å². The van der Waals surface area contributed by atoms with Crippen molar-refractivity contribution in [1.82, 2.24) is 19.7 Å². The van der Waals surface area contributed by atoms with Crippen LogP contribution >= 0.6 is 0 Å². The maximum absolute atomic E-state index is 12.6. The van der Waals surface area contributed by atoms with Gasteiger partial charge in [0.1, 0.15) is 17.9 Å². The van der Waals surface area contributed by atoms with Crippen LogP contribution in [-0.2, 0) is 11.2 Å². The first kappa shape index (κ1) is 24.4. The number of hydrogen-bond acceptors (Lipinski definition) is 7. The molecule has 39 heavy (non-hydrogen) atoms. The van der Waals surface area contributed by atoms with Crippen LogP contribution in [-0.4, -0.2) is 58.9 Å². The average Bonchev–Trinajstić information content (AvgIpc) is 3.43. The zero-order valence-electron chi connectivity index (χ0n) is 21.7. The van der Waals surface area contributed by atoms with Crippen LogP contribution in [0.1, 0.15) is 5.56 Å². The first-order chi connectivity index (χ1) is 19.2. The van der Waals surface area contributed by atoms with Crippen molar-refractivity contribution in [1.29, 1.82) is 0 Å². The maximum Gasteiger partial charge on any atom is 0.228 e. The molecule has 3 heterocycles. The van der Waals surface area contributed by atoms with Gasteiger partial charge in [-0.1, -0.05) is 48.5 Å². The number of carbonyl (C=O) groups is 1. The van der Waals surface area contributed by atoms with Crippen molar-refractivity contribution in [2.45, 2.75) is 6.42 Å². The summed E-state index contributed by atoms with van der Waals surface area (Å²) in [5, 5.41) is 8.55. The quantitative estimate of drug-likeness (QED) is 0.342. The average molecular weight is 520 g/mol. The van der Waals surface area contributed by atoms with E-state index >= 15 is 0 Å². The molecule has 0 aliphatic carbocycles. The molecule has 0 radical (unpaired) electrons. The Morgan fingerprint density at radius 2 is 1.62 bits per heavy atom. The lowest BCUT2D eigenvalue weighted by molar-refractivity contribution is -0.115. The molecular weight excluding hydrogens is 490 g/mol. The standard InChI is InChI=1S/C30H29N7O2/c1-39-27-13-12-23(34-28(38)18-22-8-4-2-5-9-22)19-26(27)35-14-16-36(17-15-35)29-25-20-33-37(30(25)32-21-31-29)24-10-6-3-7-11-24/h2-13,19-21H,14-18H2,1H3,(H,34,38). The molecule has 0 unspecified atom stereocenters. The SMILES string of the molecule is COc1ccc(NC(=O)Cc2ccccc2)cc1N1CCN(c2ncnc3c2cnn3-c2ccccc2)CC1. The van der Waals surface area contributed by atoms with Gasteiger partial charge in [0.15, 0.2) is 5.65 Å². The van der Waals surface area contributed by atoms with Crippen molar-refractivity contribution >= 4 is 34.1 Å². The van der Waals surface area contributed by atoms with Gasteiger partial charge in [0.25, 0.3) is 0 Å². The molecule has 1 fully saturated rings. The highest BCUT2D eigenvalue weighted by molar-refractivity contribution is 5.93. The highest BCUT2D eigenvalue weighted by Gasteiger charge is 2.24. The van der Waals surface area contributed by atoms with E-state index in [-0.39, 0.29) is 5.91 Å². The minimum Gasteiger partial charge on any atom is -0.495 e. The predicted molar refractivity (Wildman–Crippen MR) is 153 cm³/mol. The number of nitrogens with zero attached hydrogens (tertiary/aromatic N) is 6. The molecule has 0 saturated carbocycles. The molecule has 9 heteroatoms. The van der Waals surface area contributed by atoms with Crippen LogP contribution in [0.3, 0.4) is 0 Å². The number of nitrogens with one attached hydrogen (secondary N) is 1. The van der Waals surface area contributed by atoms with Gasteiger partial charge in [-0.3, -0.25) is 4.79 Å².